The standard InChI is InChI=1S/C10H18O3S/c1-9(11)3-5-13-6-8-14-7-4-10(2)12/h3-8H2,1-2H3. The van der Waals surface area contributed by atoms with Crippen LogP contribution in [-0.4, -0.2) is 36.3 Å². The van der Waals surface area contributed by atoms with Gasteiger partial charge in [0, 0.05) is 24.3 Å². The molecule has 0 fully saturated rings. The molecule has 0 bridgehead atoms. The van der Waals surface area contributed by atoms with Crippen molar-refractivity contribution in [2.24, 2.45) is 0 Å². The fourth-order valence-corrected chi connectivity index (χ4v) is 1.63. The number of rotatable bonds is 9. The van der Waals surface area contributed by atoms with Crippen LogP contribution in [0.25, 0.3) is 0 Å². The predicted octanol–water partition coefficient (Wildman–Crippen LogP) is 1.69. The van der Waals surface area contributed by atoms with Crippen molar-refractivity contribution >= 4 is 23.3 Å². The fraction of sp³-hybridized carbons (Fsp3) is 0.800. The van der Waals surface area contributed by atoms with Gasteiger partial charge in [-0.2, -0.15) is 11.8 Å². The SMILES string of the molecule is CC(=O)CCOCCSCCC(C)=O. The molecule has 4 heteroatoms. The Morgan fingerprint density at radius 3 is 2.21 bits per heavy atom. The molecule has 3 nitrogen and oxygen atoms in total. The van der Waals surface area contributed by atoms with Crippen molar-refractivity contribution in [3.8, 4) is 0 Å². The number of ketones is 2. The first-order valence-electron chi connectivity index (χ1n) is 4.77. The maximum absolute atomic E-state index is 10.6. The Bertz CT molecular complexity index is 160. The largest absolute Gasteiger partial charge is 0.380 e. The van der Waals surface area contributed by atoms with E-state index >= 15 is 0 Å². The molecule has 0 unspecified atom stereocenters. The lowest BCUT2D eigenvalue weighted by molar-refractivity contribution is -0.118. The van der Waals surface area contributed by atoms with Gasteiger partial charge in [-0.05, 0) is 13.8 Å². The summed E-state index contributed by atoms with van der Waals surface area (Å²) in [5.74, 6) is 2.15. The van der Waals surface area contributed by atoms with Crippen molar-refractivity contribution in [1.29, 1.82) is 0 Å². The van der Waals surface area contributed by atoms with E-state index in [0.717, 1.165) is 11.5 Å². The van der Waals surface area contributed by atoms with E-state index in [9.17, 15) is 9.59 Å². The summed E-state index contributed by atoms with van der Waals surface area (Å²) in [6.07, 6.45) is 1.14. The molecule has 0 radical (unpaired) electrons. The normalized spacial score (nSPS) is 10.1. The maximum atomic E-state index is 10.6. The monoisotopic (exact) mass is 218 g/mol. The molecular weight excluding hydrogens is 200 g/mol. The smallest absolute Gasteiger partial charge is 0.132 e. The van der Waals surface area contributed by atoms with Crippen LogP contribution in [0, 0.1) is 0 Å². The van der Waals surface area contributed by atoms with E-state index in [-0.39, 0.29) is 11.6 Å². The van der Waals surface area contributed by atoms with Gasteiger partial charge in [-0.1, -0.05) is 0 Å². The van der Waals surface area contributed by atoms with Gasteiger partial charge in [0.15, 0.2) is 0 Å². The number of thioether (sulfide) groups is 1. The number of Topliss-reactive ketones (excluding diaryl/α,β-unsaturated/α-hetero) is 2. The summed E-state index contributed by atoms with van der Waals surface area (Å²) in [5.41, 5.74) is 0. The zero-order valence-corrected chi connectivity index (χ0v) is 9.69. The summed E-state index contributed by atoms with van der Waals surface area (Å²) in [5, 5.41) is 0. The maximum Gasteiger partial charge on any atom is 0.132 e. The van der Waals surface area contributed by atoms with Crippen LogP contribution in [0.4, 0.5) is 0 Å². The minimum Gasteiger partial charge on any atom is -0.380 e. The molecule has 0 heterocycles. The lowest BCUT2D eigenvalue weighted by Gasteiger charge is -2.02. The molecule has 0 aromatic rings. The second-order valence-electron chi connectivity index (χ2n) is 3.13. The van der Waals surface area contributed by atoms with Crippen LogP contribution in [-0.2, 0) is 14.3 Å². The van der Waals surface area contributed by atoms with Crippen LogP contribution >= 0.6 is 11.8 Å². The molecule has 0 saturated heterocycles. The molecule has 0 atom stereocenters. The Kier molecular flexibility index (Phi) is 8.98. The summed E-state index contributed by atoms with van der Waals surface area (Å²) in [6.45, 7) is 4.34. The molecule has 0 N–H and O–H groups in total. The van der Waals surface area contributed by atoms with E-state index in [1.807, 2.05) is 0 Å². The van der Waals surface area contributed by atoms with Crippen molar-refractivity contribution in [2.75, 3.05) is 24.7 Å². The number of carbonyl (C=O) groups is 2. The average Bonchev–Trinajstić information content (AvgIpc) is 2.08. The van der Waals surface area contributed by atoms with Gasteiger partial charge in [-0.3, -0.25) is 9.59 Å². The second-order valence-corrected chi connectivity index (χ2v) is 4.35. The quantitative estimate of drug-likeness (QED) is 0.552. The molecule has 0 saturated carbocycles. The van der Waals surface area contributed by atoms with Gasteiger partial charge in [0.2, 0.25) is 0 Å². The zero-order valence-electron chi connectivity index (χ0n) is 8.88. The topological polar surface area (TPSA) is 43.4 Å². The van der Waals surface area contributed by atoms with Gasteiger partial charge in [0.25, 0.3) is 0 Å². The van der Waals surface area contributed by atoms with Gasteiger partial charge in [-0.25, -0.2) is 0 Å². The third kappa shape index (κ3) is 11.6. The highest BCUT2D eigenvalue weighted by Gasteiger charge is 1.95. The summed E-state index contributed by atoms with van der Waals surface area (Å²) in [7, 11) is 0. The minimum atomic E-state index is 0.161. The first kappa shape index (κ1) is 13.7. The van der Waals surface area contributed by atoms with Gasteiger partial charge < -0.3 is 4.74 Å². The molecule has 0 aromatic heterocycles. The summed E-state index contributed by atoms with van der Waals surface area (Å²) in [4.78, 5) is 21.1. The molecule has 0 rings (SSSR count). The van der Waals surface area contributed by atoms with Gasteiger partial charge in [-0.15, -0.1) is 0 Å². The molecule has 0 aliphatic carbocycles. The number of ether oxygens (including phenoxy) is 1. The second kappa shape index (κ2) is 9.21. The lowest BCUT2D eigenvalue weighted by Crippen LogP contribution is -2.03. The minimum absolute atomic E-state index is 0.161. The number of carbonyl (C=O) groups excluding carboxylic acids is 2. The Balaban J connectivity index is 2.99. The van der Waals surface area contributed by atoms with Crippen LogP contribution in [0.1, 0.15) is 26.7 Å². The third-order valence-electron chi connectivity index (χ3n) is 1.57. The van der Waals surface area contributed by atoms with Gasteiger partial charge in [0.1, 0.15) is 11.6 Å². The van der Waals surface area contributed by atoms with Crippen LogP contribution < -0.4 is 0 Å². The first-order valence-corrected chi connectivity index (χ1v) is 5.92. The van der Waals surface area contributed by atoms with E-state index in [2.05, 4.69) is 0 Å². The first-order chi connectivity index (χ1) is 6.63. The van der Waals surface area contributed by atoms with Crippen molar-refractivity contribution < 1.29 is 14.3 Å². The van der Waals surface area contributed by atoms with E-state index in [1.54, 1.807) is 25.6 Å². The Morgan fingerprint density at radius 2 is 1.64 bits per heavy atom. The van der Waals surface area contributed by atoms with Gasteiger partial charge >= 0.3 is 0 Å². The van der Waals surface area contributed by atoms with Crippen LogP contribution in [0.3, 0.4) is 0 Å². The molecule has 0 aliphatic heterocycles. The Hall–Kier alpha value is -0.350. The van der Waals surface area contributed by atoms with E-state index < -0.39 is 0 Å². The summed E-state index contributed by atoms with van der Waals surface area (Å²) >= 11 is 1.71. The van der Waals surface area contributed by atoms with Crippen LogP contribution in [0.15, 0.2) is 0 Å². The molecule has 0 spiro atoms. The molecule has 0 aromatic carbocycles. The molecule has 82 valence electrons. The van der Waals surface area contributed by atoms with Crippen LogP contribution in [0.5, 0.6) is 0 Å². The van der Waals surface area contributed by atoms with Crippen molar-refractivity contribution in [2.45, 2.75) is 26.7 Å². The lowest BCUT2D eigenvalue weighted by atomic mass is 10.3. The van der Waals surface area contributed by atoms with Gasteiger partial charge in [0.05, 0.1) is 13.2 Å². The Morgan fingerprint density at radius 1 is 1.00 bits per heavy atom. The molecule has 14 heavy (non-hydrogen) atoms. The van der Waals surface area contributed by atoms with Crippen molar-refractivity contribution in [3.63, 3.8) is 0 Å². The molecule has 0 aliphatic rings. The van der Waals surface area contributed by atoms with E-state index in [4.69, 9.17) is 4.74 Å². The Labute approximate surface area is 89.6 Å². The van der Waals surface area contributed by atoms with E-state index in [1.165, 1.54) is 0 Å². The van der Waals surface area contributed by atoms with Crippen molar-refractivity contribution in [1.82, 2.24) is 0 Å². The zero-order chi connectivity index (χ0) is 10.8. The van der Waals surface area contributed by atoms with Crippen molar-refractivity contribution in [3.05, 3.63) is 0 Å². The predicted molar refractivity (Wildman–Crippen MR) is 58.7 cm³/mol. The molecule has 0 amide bonds. The number of hydrogen-bond acceptors (Lipinski definition) is 4. The molecular formula is C10H18O3S. The van der Waals surface area contributed by atoms with Crippen LogP contribution in [0.2, 0.25) is 0 Å². The fourth-order valence-electron chi connectivity index (χ4n) is 0.754. The summed E-state index contributed by atoms with van der Waals surface area (Å²) in [6, 6.07) is 0. The highest BCUT2D eigenvalue weighted by Crippen LogP contribution is 2.02. The number of hydrogen-bond donors (Lipinski definition) is 0. The highest BCUT2D eigenvalue weighted by molar-refractivity contribution is 7.99. The summed E-state index contributed by atoms with van der Waals surface area (Å²) < 4.78 is 5.22. The highest BCUT2D eigenvalue weighted by atomic mass is 32.2. The average molecular weight is 218 g/mol. The van der Waals surface area contributed by atoms with E-state index in [0.29, 0.717) is 26.1 Å². The third-order valence-corrected chi connectivity index (χ3v) is 2.52.